The molecule has 0 atom stereocenters. The summed E-state index contributed by atoms with van der Waals surface area (Å²) in [4.78, 5) is 16.5. The fraction of sp³-hybridized carbons (Fsp3) is 0.0667. The van der Waals surface area contributed by atoms with Crippen molar-refractivity contribution < 1.29 is 22.7 Å². The van der Waals surface area contributed by atoms with Crippen LogP contribution in [0.25, 0.3) is 6.08 Å². The quantitative estimate of drug-likeness (QED) is 0.616. The van der Waals surface area contributed by atoms with E-state index in [0.717, 1.165) is 17.0 Å². The van der Waals surface area contributed by atoms with Crippen LogP contribution in [0.2, 0.25) is 0 Å². The van der Waals surface area contributed by atoms with Crippen molar-refractivity contribution in [1.29, 1.82) is 0 Å². The van der Waals surface area contributed by atoms with Gasteiger partial charge in [-0.15, -0.1) is 11.3 Å². The third-order valence-electron chi connectivity index (χ3n) is 2.88. The molecule has 3 rings (SSSR count). The summed E-state index contributed by atoms with van der Waals surface area (Å²) in [5, 5.41) is 1.84. The number of hydrogen-bond acceptors (Lipinski definition) is 4. The van der Waals surface area contributed by atoms with Crippen LogP contribution in [0.15, 0.2) is 52.5 Å². The zero-order chi connectivity index (χ0) is 15.7. The number of benzene rings is 1. The smallest absolute Gasteiger partial charge is 0.402 e. The van der Waals surface area contributed by atoms with Gasteiger partial charge in [-0.1, -0.05) is 12.1 Å². The molecule has 1 aromatic heterocycles. The highest BCUT2D eigenvalue weighted by atomic mass is 32.1. The van der Waals surface area contributed by atoms with Crippen LogP contribution in [0.1, 0.15) is 16.0 Å². The molecule has 3 nitrogen and oxygen atoms in total. The number of ether oxygens (including phenoxy) is 1. The Balaban J connectivity index is 1.95. The van der Waals surface area contributed by atoms with E-state index in [4.69, 9.17) is 4.74 Å². The summed E-state index contributed by atoms with van der Waals surface area (Å²) in [6.07, 6.45) is -2.93. The molecule has 0 fully saturated rings. The monoisotopic (exact) mass is 323 g/mol. The largest absolute Gasteiger partial charge is 0.416 e. The molecule has 0 radical (unpaired) electrons. The van der Waals surface area contributed by atoms with E-state index >= 15 is 0 Å². The van der Waals surface area contributed by atoms with Crippen molar-refractivity contribution in [2.24, 2.45) is 4.99 Å². The highest BCUT2D eigenvalue weighted by molar-refractivity contribution is 7.10. The second-order valence-corrected chi connectivity index (χ2v) is 5.41. The van der Waals surface area contributed by atoms with Crippen LogP contribution in [-0.2, 0) is 15.7 Å². The standard InChI is InChI=1S/C15H8F3NO2S/c16-15(17,18)10-4-1-3-9(7-10)13-19-12(14(20)21-13)8-11-5-2-6-22-11/h1-8H. The molecule has 0 aliphatic carbocycles. The van der Waals surface area contributed by atoms with Crippen LogP contribution in [0.5, 0.6) is 0 Å². The van der Waals surface area contributed by atoms with Crippen LogP contribution >= 0.6 is 11.3 Å². The topological polar surface area (TPSA) is 38.7 Å². The first kappa shape index (κ1) is 14.5. The first-order chi connectivity index (χ1) is 10.4. The number of carbonyl (C=O) groups excluding carboxylic acids is 1. The minimum atomic E-state index is -4.46. The molecule has 0 unspecified atom stereocenters. The number of alkyl halides is 3. The van der Waals surface area contributed by atoms with Gasteiger partial charge in [0.1, 0.15) is 0 Å². The van der Waals surface area contributed by atoms with Gasteiger partial charge in [-0.3, -0.25) is 0 Å². The number of hydrogen-bond donors (Lipinski definition) is 0. The maximum Gasteiger partial charge on any atom is 0.416 e. The normalized spacial score (nSPS) is 16.8. The van der Waals surface area contributed by atoms with Gasteiger partial charge in [0.05, 0.1) is 5.56 Å². The average molecular weight is 323 g/mol. The van der Waals surface area contributed by atoms with Crippen molar-refractivity contribution in [2.75, 3.05) is 0 Å². The van der Waals surface area contributed by atoms with Gasteiger partial charge in [-0.05, 0) is 35.7 Å². The van der Waals surface area contributed by atoms with Gasteiger partial charge in [-0.25, -0.2) is 9.79 Å². The molecule has 0 saturated heterocycles. The molecular formula is C15H8F3NO2S. The summed E-state index contributed by atoms with van der Waals surface area (Å²) in [6.45, 7) is 0. The van der Waals surface area contributed by atoms with Crippen LogP contribution in [0, 0.1) is 0 Å². The fourth-order valence-electron chi connectivity index (χ4n) is 1.87. The van der Waals surface area contributed by atoms with Crippen molar-refractivity contribution in [3.63, 3.8) is 0 Å². The molecule has 0 bridgehead atoms. The summed E-state index contributed by atoms with van der Waals surface area (Å²) in [6, 6.07) is 8.12. The van der Waals surface area contributed by atoms with Crippen LogP contribution in [0.4, 0.5) is 13.2 Å². The Kier molecular flexibility index (Phi) is 3.58. The Labute approximate surface area is 127 Å². The third-order valence-corrected chi connectivity index (χ3v) is 3.70. The second kappa shape index (κ2) is 5.42. The molecule has 0 N–H and O–H groups in total. The lowest BCUT2D eigenvalue weighted by Crippen LogP contribution is -2.09. The zero-order valence-corrected chi connectivity index (χ0v) is 11.7. The summed E-state index contributed by atoms with van der Waals surface area (Å²) >= 11 is 1.41. The van der Waals surface area contributed by atoms with Gasteiger partial charge in [-0.2, -0.15) is 13.2 Å². The van der Waals surface area contributed by atoms with E-state index in [1.54, 1.807) is 6.07 Å². The lowest BCUT2D eigenvalue weighted by Gasteiger charge is -2.07. The van der Waals surface area contributed by atoms with Gasteiger partial charge in [0.25, 0.3) is 0 Å². The second-order valence-electron chi connectivity index (χ2n) is 4.43. The summed E-state index contributed by atoms with van der Waals surface area (Å²) in [7, 11) is 0. The first-order valence-corrected chi connectivity index (χ1v) is 7.05. The van der Waals surface area contributed by atoms with Crippen LogP contribution < -0.4 is 0 Å². The van der Waals surface area contributed by atoms with Gasteiger partial charge in [0, 0.05) is 10.4 Å². The number of esters is 1. The maximum absolute atomic E-state index is 12.7. The molecule has 1 aliphatic heterocycles. The summed E-state index contributed by atoms with van der Waals surface area (Å²) < 4.78 is 43.1. The lowest BCUT2D eigenvalue weighted by molar-refractivity contribution is -0.137. The van der Waals surface area contributed by atoms with Gasteiger partial charge < -0.3 is 4.74 Å². The molecule has 22 heavy (non-hydrogen) atoms. The van der Waals surface area contributed by atoms with E-state index in [-0.39, 0.29) is 17.2 Å². The molecule has 0 spiro atoms. The number of cyclic esters (lactones) is 1. The predicted octanol–water partition coefficient (Wildman–Crippen LogP) is 4.11. The van der Waals surface area contributed by atoms with E-state index in [1.807, 2.05) is 11.4 Å². The van der Waals surface area contributed by atoms with E-state index < -0.39 is 17.7 Å². The van der Waals surface area contributed by atoms with Crippen LogP contribution in [-0.4, -0.2) is 11.9 Å². The molecule has 2 heterocycles. The van der Waals surface area contributed by atoms with Gasteiger partial charge >= 0.3 is 12.1 Å². The first-order valence-electron chi connectivity index (χ1n) is 6.17. The van der Waals surface area contributed by atoms with Crippen molar-refractivity contribution in [3.8, 4) is 0 Å². The Morgan fingerprint density at radius 1 is 1.18 bits per heavy atom. The highest BCUT2D eigenvalue weighted by Gasteiger charge is 2.32. The fourth-order valence-corrected chi connectivity index (χ4v) is 2.52. The number of halogens is 3. The minimum absolute atomic E-state index is 0.0647. The van der Waals surface area contributed by atoms with E-state index in [0.29, 0.717) is 0 Å². The Morgan fingerprint density at radius 3 is 2.68 bits per heavy atom. The Morgan fingerprint density at radius 2 is 2.00 bits per heavy atom. The Hall–Kier alpha value is -2.41. The average Bonchev–Trinajstić information content (AvgIpc) is 3.09. The van der Waals surface area contributed by atoms with E-state index in [1.165, 1.54) is 29.5 Å². The lowest BCUT2D eigenvalue weighted by atomic mass is 10.1. The van der Waals surface area contributed by atoms with Crippen molar-refractivity contribution >= 4 is 29.3 Å². The van der Waals surface area contributed by atoms with E-state index in [2.05, 4.69) is 4.99 Å². The summed E-state index contributed by atoms with van der Waals surface area (Å²) in [5.41, 5.74) is -0.646. The number of rotatable bonds is 2. The number of aliphatic imine (C=N–C) groups is 1. The highest BCUT2D eigenvalue weighted by Crippen LogP contribution is 2.30. The molecule has 1 aliphatic rings. The Bertz CT molecular complexity index is 776. The van der Waals surface area contributed by atoms with Crippen molar-refractivity contribution in [2.45, 2.75) is 6.18 Å². The molecular weight excluding hydrogens is 315 g/mol. The van der Waals surface area contributed by atoms with Crippen LogP contribution in [0.3, 0.4) is 0 Å². The molecule has 0 amide bonds. The van der Waals surface area contributed by atoms with Crippen molar-refractivity contribution in [3.05, 3.63) is 63.5 Å². The maximum atomic E-state index is 12.7. The number of nitrogens with zero attached hydrogens (tertiary/aromatic N) is 1. The SMILES string of the molecule is O=C1OC(c2cccc(C(F)(F)F)c2)=NC1=Cc1cccs1. The van der Waals surface area contributed by atoms with Crippen molar-refractivity contribution in [1.82, 2.24) is 0 Å². The van der Waals surface area contributed by atoms with E-state index in [9.17, 15) is 18.0 Å². The number of thiophene rings is 1. The van der Waals surface area contributed by atoms with Gasteiger partial charge in [0.2, 0.25) is 5.90 Å². The molecule has 0 saturated carbocycles. The summed E-state index contributed by atoms with van der Waals surface area (Å²) in [5.74, 6) is -0.806. The predicted molar refractivity (Wildman–Crippen MR) is 76.4 cm³/mol. The number of carbonyl (C=O) groups is 1. The molecule has 112 valence electrons. The van der Waals surface area contributed by atoms with Gasteiger partial charge in [0.15, 0.2) is 5.70 Å². The molecule has 1 aromatic carbocycles. The molecule has 7 heteroatoms. The zero-order valence-electron chi connectivity index (χ0n) is 10.9. The molecule has 2 aromatic rings. The third kappa shape index (κ3) is 2.94. The minimum Gasteiger partial charge on any atom is -0.402 e.